The molecule has 4 aromatic rings. The highest BCUT2D eigenvalue weighted by atomic mass is 32.2. The average Bonchev–Trinajstić information content (AvgIpc) is 3.27. The van der Waals surface area contributed by atoms with E-state index < -0.39 is 11.6 Å². The Morgan fingerprint density at radius 3 is 2.41 bits per heavy atom. The number of ether oxygens (including phenoxy) is 2. The molecule has 2 atom stereocenters. The van der Waals surface area contributed by atoms with Crippen LogP contribution in [0.2, 0.25) is 0 Å². The van der Waals surface area contributed by atoms with Crippen molar-refractivity contribution in [3.05, 3.63) is 108 Å². The van der Waals surface area contributed by atoms with Crippen molar-refractivity contribution in [3.8, 4) is 22.5 Å². The first-order valence-electron chi connectivity index (χ1n) is 11.1. The number of fused-ring (bicyclic) bond motifs is 1. The lowest BCUT2D eigenvalue weighted by atomic mass is 10.1. The standard InChI is InChI=1S/C30H27O3S/c1-5-30(4,17-15-24-11-7-6-8-12-24)33-28(31)21-32-29-22(2)19-26(20-23(29)3)34-18-16-25-13-9-10-14-27(25)34/h5-14,16,18-20H,1,21H2,2-4H3/q+1. The summed E-state index contributed by atoms with van der Waals surface area (Å²) in [5, 5.41) is 3.52. The van der Waals surface area contributed by atoms with Crippen LogP contribution in [0.15, 0.2) is 90.8 Å². The molecule has 4 rings (SSSR count). The van der Waals surface area contributed by atoms with Crippen LogP contribution in [-0.2, 0) is 9.53 Å². The van der Waals surface area contributed by atoms with Crippen LogP contribution in [0.3, 0.4) is 0 Å². The van der Waals surface area contributed by atoms with Gasteiger partial charge in [-0.1, -0.05) is 42.8 Å². The third-order valence-corrected chi connectivity index (χ3v) is 7.50. The smallest absolute Gasteiger partial charge is 0.345 e. The van der Waals surface area contributed by atoms with E-state index in [1.807, 2.05) is 44.2 Å². The van der Waals surface area contributed by atoms with Gasteiger partial charge < -0.3 is 9.47 Å². The van der Waals surface area contributed by atoms with Crippen LogP contribution in [-0.4, -0.2) is 18.2 Å². The maximum atomic E-state index is 12.6. The molecular formula is C30H27O3S+. The molecule has 0 fully saturated rings. The predicted octanol–water partition coefficient (Wildman–Crippen LogP) is 7.11. The molecule has 1 aromatic heterocycles. The summed E-state index contributed by atoms with van der Waals surface area (Å²) in [4.78, 5) is 13.8. The Hall–Kier alpha value is -3.81. The van der Waals surface area contributed by atoms with Gasteiger partial charge >= 0.3 is 5.97 Å². The largest absolute Gasteiger partial charge is 0.481 e. The van der Waals surface area contributed by atoms with Crippen molar-refractivity contribution < 1.29 is 14.3 Å². The Morgan fingerprint density at radius 1 is 1.03 bits per heavy atom. The molecular weight excluding hydrogens is 440 g/mol. The molecule has 0 saturated carbocycles. The van der Waals surface area contributed by atoms with Crippen LogP contribution in [0.4, 0.5) is 0 Å². The minimum absolute atomic E-state index is 0.0942. The van der Waals surface area contributed by atoms with Gasteiger partial charge in [0.15, 0.2) is 21.8 Å². The van der Waals surface area contributed by atoms with Crippen molar-refractivity contribution in [2.45, 2.75) is 26.4 Å². The molecule has 3 aromatic carbocycles. The van der Waals surface area contributed by atoms with Crippen LogP contribution < -0.4 is 4.74 Å². The highest BCUT2D eigenvalue weighted by Gasteiger charge is 2.24. The Kier molecular flexibility index (Phi) is 6.86. The van der Waals surface area contributed by atoms with Gasteiger partial charge in [0.25, 0.3) is 0 Å². The van der Waals surface area contributed by atoms with Crippen molar-refractivity contribution >= 4 is 26.5 Å². The fourth-order valence-electron chi connectivity index (χ4n) is 3.74. The number of carbonyl (C=O) groups is 1. The number of hydrogen-bond donors (Lipinski definition) is 0. The minimum Gasteiger partial charge on any atom is -0.481 e. The summed E-state index contributed by atoms with van der Waals surface area (Å²) in [6.07, 6.45) is 1.53. The first-order valence-corrected chi connectivity index (χ1v) is 12.4. The summed E-state index contributed by atoms with van der Waals surface area (Å²) in [5.74, 6) is 6.23. The fourth-order valence-corrected chi connectivity index (χ4v) is 5.80. The average molecular weight is 468 g/mol. The molecule has 0 saturated heterocycles. The molecule has 0 bridgehead atoms. The lowest BCUT2D eigenvalue weighted by Crippen LogP contribution is -2.30. The summed E-state index contributed by atoms with van der Waals surface area (Å²) in [5.41, 5.74) is 1.72. The van der Waals surface area contributed by atoms with Crippen molar-refractivity contribution in [2.75, 3.05) is 6.61 Å². The van der Waals surface area contributed by atoms with E-state index in [-0.39, 0.29) is 17.1 Å². The molecule has 0 spiro atoms. The molecule has 0 aliphatic rings. The number of carbonyl (C=O) groups excluding carboxylic acids is 1. The van der Waals surface area contributed by atoms with Gasteiger partial charge in [-0.3, -0.25) is 0 Å². The van der Waals surface area contributed by atoms with Gasteiger partial charge in [-0.05, 0) is 68.2 Å². The van der Waals surface area contributed by atoms with E-state index in [4.69, 9.17) is 9.47 Å². The summed E-state index contributed by atoms with van der Waals surface area (Å²) in [6, 6.07) is 24.5. The zero-order valence-electron chi connectivity index (χ0n) is 19.6. The second-order valence-electron chi connectivity index (χ2n) is 8.25. The molecule has 0 aliphatic heterocycles. The SMILES string of the molecule is C=CC(C)(C#Cc1ccccc1)OC(=O)COc1c(C)cc(-[s+]2ccc3ccccc32)cc1C. The summed E-state index contributed by atoms with van der Waals surface area (Å²) < 4.78 is 12.8. The van der Waals surface area contributed by atoms with Crippen molar-refractivity contribution in [2.24, 2.45) is 0 Å². The van der Waals surface area contributed by atoms with Gasteiger partial charge in [-0.25, -0.2) is 4.79 Å². The third-order valence-electron chi connectivity index (χ3n) is 5.51. The molecule has 3 nitrogen and oxygen atoms in total. The van der Waals surface area contributed by atoms with Gasteiger partial charge in [-0.2, -0.15) is 0 Å². The maximum Gasteiger partial charge on any atom is 0.345 e. The number of rotatable bonds is 6. The van der Waals surface area contributed by atoms with E-state index in [9.17, 15) is 4.79 Å². The van der Waals surface area contributed by atoms with Crippen LogP contribution in [0.5, 0.6) is 5.75 Å². The first-order chi connectivity index (χ1) is 16.4. The van der Waals surface area contributed by atoms with Gasteiger partial charge in [0.2, 0.25) is 0 Å². The predicted molar refractivity (Wildman–Crippen MR) is 141 cm³/mol. The van der Waals surface area contributed by atoms with E-state index in [0.717, 1.165) is 16.7 Å². The molecule has 0 amide bonds. The third kappa shape index (κ3) is 5.22. The Labute approximate surface area is 203 Å². The summed E-state index contributed by atoms with van der Waals surface area (Å²) >= 11 is 0. The first kappa shape index (κ1) is 23.4. The highest BCUT2D eigenvalue weighted by Crippen LogP contribution is 2.42. The van der Waals surface area contributed by atoms with Gasteiger partial charge in [0.05, 0.1) is 0 Å². The molecule has 1 heterocycles. The van der Waals surface area contributed by atoms with Gasteiger partial charge in [-0.15, -0.1) is 0 Å². The molecule has 2 unspecified atom stereocenters. The topological polar surface area (TPSA) is 35.5 Å². The van der Waals surface area contributed by atoms with E-state index in [0.29, 0.717) is 5.75 Å². The van der Waals surface area contributed by atoms with E-state index >= 15 is 0 Å². The molecule has 0 N–H and O–H groups in total. The molecule has 34 heavy (non-hydrogen) atoms. The van der Waals surface area contributed by atoms with E-state index in [1.165, 1.54) is 21.1 Å². The number of benzene rings is 3. The summed E-state index contributed by atoms with van der Waals surface area (Å²) in [6.45, 7) is 9.31. The summed E-state index contributed by atoms with van der Waals surface area (Å²) in [7, 11) is -0.0942. The van der Waals surface area contributed by atoms with E-state index in [1.54, 1.807) is 6.92 Å². The zero-order valence-corrected chi connectivity index (χ0v) is 20.4. The number of aryl methyl sites for hydroxylation is 2. The molecule has 0 radical (unpaired) electrons. The maximum absolute atomic E-state index is 12.6. The normalized spacial score (nSPS) is 12.9. The lowest BCUT2D eigenvalue weighted by molar-refractivity contribution is -0.152. The quantitative estimate of drug-likeness (QED) is 0.131. The lowest BCUT2D eigenvalue weighted by Gasteiger charge is -2.20. The van der Waals surface area contributed by atoms with Crippen LogP contribution in [0.1, 0.15) is 23.6 Å². The Morgan fingerprint density at radius 2 is 1.71 bits per heavy atom. The van der Waals surface area contributed by atoms with Gasteiger partial charge in [0.1, 0.15) is 11.1 Å². The highest BCUT2D eigenvalue weighted by molar-refractivity contribution is 7.43. The second-order valence-corrected chi connectivity index (χ2v) is 10.1. The number of thiophene rings is 1. The van der Waals surface area contributed by atoms with Crippen molar-refractivity contribution in [1.82, 2.24) is 0 Å². The second kappa shape index (κ2) is 9.99. The number of esters is 1. The van der Waals surface area contributed by atoms with Crippen LogP contribution >= 0.6 is 10.5 Å². The van der Waals surface area contributed by atoms with Crippen LogP contribution in [0, 0.1) is 25.7 Å². The fraction of sp³-hybridized carbons (Fsp3) is 0.167. The van der Waals surface area contributed by atoms with E-state index in [2.05, 4.69) is 66.3 Å². The Bertz CT molecular complexity index is 1380. The van der Waals surface area contributed by atoms with Crippen LogP contribution in [0.25, 0.3) is 15.0 Å². The molecule has 4 heteroatoms. The number of hydrogen-bond acceptors (Lipinski definition) is 3. The molecule has 170 valence electrons. The minimum atomic E-state index is -1.10. The zero-order chi connectivity index (χ0) is 24.1. The molecule has 0 aliphatic carbocycles. The monoisotopic (exact) mass is 467 g/mol. The van der Waals surface area contributed by atoms with Crippen molar-refractivity contribution in [1.29, 1.82) is 0 Å². The van der Waals surface area contributed by atoms with Gasteiger partial charge in [0, 0.05) is 39.6 Å². The Balaban J connectivity index is 1.46. The van der Waals surface area contributed by atoms with Crippen molar-refractivity contribution in [3.63, 3.8) is 0 Å².